The minimum absolute atomic E-state index is 0.245. The Bertz CT molecular complexity index is 1270. The fourth-order valence-electron chi connectivity index (χ4n) is 3.51. The smallest absolute Gasteiger partial charge is 0.260 e. The highest BCUT2D eigenvalue weighted by molar-refractivity contribution is 7.22. The van der Waals surface area contributed by atoms with E-state index in [0.717, 1.165) is 21.7 Å². The topological polar surface area (TPSA) is 83.0 Å². The molecule has 4 aromatic rings. The number of aromatic nitrogens is 2. The number of anilines is 1. The summed E-state index contributed by atoms with van der Waals surface area (Å²) in [5.41, 5.74) is 1.89. The second-order valence-electron chi connectivity index (χ2n) is 7.19. The first kappa shape index (κ1) is 23.3. The third kappa shape index (κ3) is 4.74. The summed E-state index contributed by atoms with van der Waals surface area (Å²) in [6.07, 6.45) is 1.70. The van der Waals surface area contributed by atoms with Crippen LogP contribution in [0, 0.1) is 0 Å². The van der Waals surface area contributed by atoms with Crippen LogP contribution in [-0.4, -0.2) is 43.8 Å². The van der Waals surface area contributed by atoms with E-state index < -0.39 is 0 Å². The second kappa shape index (κ2) is 10.4. The third-order valence-electron chi connectivity index (χ3n) is 5.09. The van der Waals surface area contributed by atoms with Crippen LogP contribution in [0.2, 0.25) is 0 Å². The molecular formula is C25H25N3O5S. The highest BCUT2D eigenvalue weighted by Crippen LogP contribution is 2.39. The molecule has 0 bridgehead atoms. The van der Waals surface area contributed by atoms with E-state index in [2.05, 4.69) is 4.98 Å². The van der Waals surface area contributed by atoms with E-state index in [9.17, 15) is 4.79 Å². The van der Waals surface area contributed by atoms with Crippen molar-refractivity contribution in [2.24, 2.45) is 0 Å². The van der Waals surface area contributed by atoms with Crippen LogP contribution in [0.5, 0.6) is 23.0 Å². The monoisotopic (exact) mass is 479 g/mol. The van der Waals surface area contributed by atoms with Gasteiger partial charge in [-0.05, 0) is 49.4 Å². The van der Waals surface area contributed by atoms with Crippen LogP contribution >= 0.6 is 11.3 Å². The summed E-state index contributed by atoms with van der Waals surface area (Å²) < 4.78 is 22.8. The van der Waals surface area contributed by atoms with Gasteiger partial charge in [0.05, 0.1) is 50.4 Å². The highest BCUT2D eigenvalue weighted by atomic mass is 32.1. The fourth-order valence-corrected chi connectivity index (χ4v) is 4.50. The lowest BCUT2D eigenvalue weighted by atomic mass is 10.1. The number of pyridine rings is 1. The molecule has 8 nitrogen and oxygen atoms in total. The van der Waals surface area contributed by atoms with Crippen LogP contribution in [0.1, 0.15) is 23.0 Å². The van der Waals surface area contributed by atoms with E-state index in [1.54, 1.807) is 23.2 Å². The third-order valence-corrected chi connectivity index (χ3v) is 6.13. The lowest BCUT2D eigenvalue weighted by molar-refractivity contribution is 0.0984. The maximum absolute atomic E-state index is 13.8. The number of amides is 1. The predicted molar refractivity (Wildman–Crippen MR) is 132 cm³/mol. The number of methoxy groups -OCH3 is 3. The van der Waals surface area contributed by atoms with Gasteiger partial charge in [-0.25, -0.2) is 4.98 Å². The average molecular weight is 480 g/mol. The molecule has 2 heterocycles. The van der Waals surface area contributed by atoms with Crippen LogP contribution in [0.3, 0.4) is 0 Å². The van der Waals surface area contributed by atoms with Crippen molar-refractivity contribution in [2.45, 2.75) is 13.5 Å². The maximum Gasteiger partial charge on any atom is 0.260 e. The first-order valence-corrected chi connectivity index (χ1v) is 11.4. The summed E-state index contributed by atoms with van der Waals surface area (Å²) in [5, 5.41) is 0.549. The molecule has 2 aromatic carbocycles. The lowest BCUT2D eigenvalue weighted by Crippen LogP contribution is -2.30. The van der Waals surface area contributed by atoms with Gasteiger partial charge in [-0.1, -0.05) is 17.4 Å². The van der Waals surface area contributed by atoms with E-state index >= 15 is 0 Å². The van der Waals surface area contributed by atoms with Crippen molar-refractivity contribution in [2.75, 3.05) is 32.8 Å². The van der Waals surface area contributed by atoms with Gasteiger partial charge < -0.3 is 18.9 Å². The minimum Gasteiger partial charge on any atom is -0.494 e. The van der Waals surface area contributed by atoms with Crippen molar-refractivity contribution >= 4 is 32.6 Å². The summed E-state index contributed by atoms with van der Waals surface area (Å²) in [6.45, 7) is 2.75. The molecule has 0 fully saturated rings. The molecule has 0 saturated heterocycles. The van der Waals surface area contributed by atoms with Crippen molar-refractivity contribution in [1.29, 1.82) is 0 Å². The van der Waals surface area contributed by atoms with E-state index in [4.69, 9.17) is 23.9 Å². The molecule has 0 saturated carbocycles. The Morgan fingerprint density at radius 2 is 1.76 bits per heavy atom. The molecule has 0 aliphatic rings. The number of carbonyl (C=O) groups is 1. The van der Waals surface area contributed by atoms with Gasteiger partial charge in [-0.15, -0.1) is 0 Å². The molecule has 0 radical (unpaired) electrons. The zero-order valence-corrected chi connectivity index (χ0v) is 20.2. The SMILES string of the molecule is CCOc1ccc2nc(N(Cc3ccccn3)C(=O)c3cc(OC)c(OC)c(OC)c3)sc2c1. The molecule has 0 aliphatic carbocycles. The molecular weight excluding hydrogens is 454 g/mol. The Morgan fingerprint density at radius 3 is 2.38 bits per heavy atom. The molecule has 1 amide bonds. The van der Waals surface area contributed by atoms with Gasteiger partial charge in [-0.2, -0.15) is 0 Å². The quantitative estimate of drug-likeness (QED) is 0.335. The van der Waals surface area contributed by atoms with Crippen molar-refractivity contribution in [3.05, 3.63) is 66.0 Å². The number of carbonyl (C=O) groups excluding carboxylic acids is 1. The Balaban J connectivity index is 1.79. The second-order valence-corrected chi connectivity index (χ2v) is 8.19. The van der Waals surface area contributed by atoms with Crippen LogP contribution in [0.25, 0.3) is 10.2 Å². The van der Waals surface area contributed by atoms with E-state index in [-0.39, 0.29) is 12.5 Å². The standard InChI is InChI=1S/C25H25N3O5S/c1-5-33-18-9-10-19-22(14-18)34-25(27-19)28(15-17-8-6-7-11-26-17)24(29)16-12-20(30-2)23(32-4)21(13-16)31-3/h6-14H,5,15H2,1-4H3. The average Bonchev–Trinajstić information content (AvgIpc) is 3.29. The summed E-state index contributed by atoms with van der Waals surface area (Å²) in [5.74, 6) is 1.70. The number of ether oxygens (including phenoxy) is 4. The number of fused-ring (bicyclic) bond motifs is 1. The Hall–Kier alpha value is -3.85. The van der Waals surface area contributed by atoms with Crippen molar-refractivity contribution < 1.29 is 23.7 Å². The van der Waals surface area contributed by atoms with E-state index in [1.165, 1.54) is 32.7 Å². The van der Waals surface area contributed by atoms with Crippen molar-refractivity contribution in [1.82, 2.24) is 9.97 Å². The van der Waals surface area contributed by atoms with Gasteiger partial charge in [0, 0.05) is 11.8 Å². The molecule has 0 N–H and O–H groups in total. The number of hydrogen-bond acceptors (Lipinski definition) is 8. The summed E-state index contributed by atoms with van der Waals surface area (Å²) in [6, 6.07) is 14.6. The summed E-state index contributed by atoms with van der Waals surface area (Å²) in [4.78, 5) is 24.6. The maximum atomic E-state index is 13.8. The lowest BCUT2D eigenvalue weighted by Gasteiger charge is -2.21. The van der Waals surface area contributed by atoms with Crippen molar-refractivity contribution in [3.63, 3.8) is 0 Å². The first-order valence-electron chi connectivity index (χ1n) is 10.6. The Kier molecular flexibility index (Phi) is 7.12. The van der Waals surface area contributed by atoms with Crippen LogP contribution in [0.4, 0.5) is 5.13 Å². The number of benzene rings is 2. The summed E-state index contributed by atoms with van der Waals surface area (Å²) >= 11 is 1.41. The molecule has 34 heavy (non-hydrogen) atoms. The van der Waals surface area contributed by atoms with Crippen LogP contribution in [-0.2, 0) is 6.54 Å². The molecule has 9 heteroatoms. The Labute approximate surface area is 201 Å². The predicted octanol–water partition coefficient (Wildman–Crippen LogP) is 4.96. The molecule has 0 atom stereocenters. The minimum atomic E-state index is -0.269. The molecule has 176 valence electrons. The van der Waals surface area contributed by atoms with E-state index in [1.807, 2.05) is 43.3 Å². The number of rotatable bonds is 9. The molecule has 0 aliphatic heterocycles. The molecule has 2 aromatic heterocycles. The fraction of sp³-hybridized carbons (Fsp3) is 0.240. The van der Waals surface area contributed by atoms with Crippen molar-refractivity contribution in [3.8, 4) is 23.0 Å². The molecule has 0 spiro atoms. The zero-order valence-electron chi connectivity index (χ0n) is 19.4. The normalized spacial score (nSPS) is 10.7. The molecule has 0 unspecified atom stereocenters. The number of thiazole rings is 1. The van der Waals surface area contributed by atoms with Gasteiger partial charge in [-0.3, -0.25) is 14.7 Å². The van der Waals surface area contributed by atoms with Crippen LogP contribution in [0.15, 0.2) is 54.7 Å². The van der Waals surface area contributed by atoms with Crippen LogP contribution < -0.4 is 23.8 Å². The number of hydrogen-bond donors (Lipinski definition) is 0. The van der Waals surface area contributed by atoms with Gasteiger partial charge >= 0.3 is 0 Å². The number of nitrogens with zero attached hydrogens (tertiary/aromatic N) is 3. The summed E-state index contributed by atoms with van der Waals surface area (Å²) in [7, 11) is 4.55. The zero-order chi connectivity index (χ0) is 24.1. The molecule has 4 rings (SSSR count). The van der Waals surface area contributed by atoms with Gasteiger partial charge in [0.25, 0.3) is 5.91 Å². The highest BCUT2D eigenvalue weighted by Gasteiger charge is 2.25. The largest absolute Gasteiger partial charge is 0.494 e. The van der Waals surface area contributed by atoms with Gasteiger partial charge in [0.2, 0.25) is 5.75 Å². The van der Waals surface area contributed by atoms with E-state index in [0.29, 0.717) is 34.6 Å². The van der Waals surface area contributed by atoms with Gasteiger partial charge in [0.15, 0.2) is 16.6 Å². The first-order chi connectivity index (χ1) is 16.6. The van der Waals surface area contributed by atoms with Gasteiger partial charge in [0.1, 0.15) is 5.75 Å². The Morgan fingerprint density at radius 1 is 1.00 bits per heavy atom.